The largest absolute Gasteiger partial charge is 0.384 e. The predicted octanol–water partition coefficient (Wildman–Crippen LogP) is 3.77. The Kier molecular flexibility index (Phi) is 3.91. The normalized spacial score (nSPS) is 15.7. The highest BCUT2D eigenvalue weighted by molar-refractivity contribution is 7.15. The molecule has 1 aliphatic rings. The minimum absolute atomic E-state index is 0.0312. The predicted molar refractivity (Wildman–Crippen MR) is 110 cm³/mol. The lowest BCUT2D eigenvalue weighted by Crippen LogP contribution is -2.27. The lowest BCUT2D eigenvalue weighted by Gasteiger charge is -2.14. The van der Waals surface area contributed by atoms with E-state index >= 15 is 0 Å². The number of aromatic nitrogens is 3. The van der Waals surface area contributed by atoms with Gasteiger partial charge in [-0.3, -0.25) is 4.79 Å². The van der Waals surface area contributed by atoms with Crippen LogP contribution in [0.25, 0.3) is 16.3 Å². The van der Waals surface area contributed by atoms with Crippen LogP contribution in [0.15, 0.2) is 48.5 Å². The summed E-state index contributed by atoms with van der Waals surface area (Å²) in [5.41, 5.74) is 9.72. The van der Waals surface area contributed by atoms with Gasteiger partial charge in [-0.2, -0.15) is 4.52 Å². The van der Waals surface area contributed by atoms with E-state index in [0.717, 1.165) is 17.7 Å². The van der Waals surface area contributed by atoms with Gasteiger partial charge >= 0.3 is 0 Å². The summed E-state index contributed by atoms with van der Waals surface area (Å²) in [4.78, 5) is 19.6. The fourth-order valence-electron chi connectivity index (χ4n) is 3.75. The molecule has 140 valence electrons. The number of anilines is 1. The van der Waals surface area contributed by atoms with Crippen LogP contribution in [0, 0.1) is 6.92 Å². The van der Waals surface area contributed by atoms with Crippen molar-refractivity contribution in [2.45, 2.75) is 25.8 Å². The Morgan fingerprint density at radius 3 is 2.93 bits per heavy atom. The maximum Gasteiger partial charge on any atom is 0.252 e. The summed E-state index contributed by atoms with van der Waals surface area (Å²) in [5.74, 6) is 0.862. The molecule has 0 saturated heterocycles. The van der Waals surface area contributed by atoms with Crippen LogP contribution in [0.1, 0.15) is 38.8 Å². The summed E-state index contributed by atoms with van der Waals surface area (Å²) in [6.45, 7) is 2.04. The van der Waals surface area contributed by atoms with Crippen molar-refractivity contribution in [3.63, 3.8) is 0 Å². The van der Waals surface area contributed by atoms with Crippen molar-refractivity contribution < 1.29 is 4.79 Å². The van der Waals surface area contributed by atoms with Crippen molar-refractivity contribution in [3.05, 3.63) is 70.1 Å². The molecular weight excluding hydrogens is 370 g/mol. The van der Waals surface area contributed by atoms with Gasteiger partial charge in [-0.25, -0.2) is 4.98 Å². The Morgan fingerprint density at radius 2 is 2.11 bits per heavy atom. The smallest absolute Gasteiger partial charge is 0.252 e. The zero-order valence-corrected chi connectivity index (χ0v) is 16.2. The zero-order chi connectivity index (χ0) is 19.3. The van der Waals surface area contributed by atoms with E-state index in [1.165, 1.54) is 16.0 Å². The summed E-state index contributed by atoms with van der Waals surface area (Å²) in [6, 6.07) is 15.7. The Morgan fingerprint density at radius 1 is 1.25 bits per heavy atom. The van der Waals surface area contributed by atoms with Crippen molar-refractivity contribution in [2.24, 2.45) is 0 Å². The molecule has 1 amide bonds. The average molecular weight is 389 g/mol. The fraction of sp³-hybridized carbons (Fsp3) is 0.190. The molecule has 0 fully saturated rings. The molecule has 7 heteroatoms. The van der Waals surface area contributed by atoms with E-state index in [9.17, 15) is 4.79 Å². The molecule has 0 saturated carbocycles. The Bertz CT molecular complexity index is 1210. The molecule has 3 N–H and O–H groups in total. The summed E-state index contributed by atoms with van der Waals surface area (Å²) < 4.78 is 1.58. The number of nitrogens with zero attached hydrogens (tertiary/aromatic N) is 3. The molecule has 5 rings (SSSR count). The molecule has 1 unspecified atom stereocenters. The van der Waals surface area contributed by atoms with Gasteiger partial charge in [0.05, 0.1) is 10.9 Å². The maximum atomic E-state index is 12.9. The highest BCUT2D eigenvalue weighted by Crippen LogP contribution is 2.31. The minimum Gasteiger partial charge on any atom is -0.384 e. The molecule has 0 bridgehead atoms. The van der Waals surface area contributed by atoms with Crippen LogP contribution in [0.2, 0.25) is 0 Å². The number of thiophene rings is 1. The zero-order valence-electron chi connectivity index (χ0n) is 15.3. The van der Waals surface area contributed by atoms with E-state index in [1.54, 1.807) is 28.0 Å². The number of nitrogens with one attached hydrogen (secondary N) is 1. The second-order valence-corrected chi connectivity index (χ2v) is 8.34. The number of rotatable bonds is 3. The van der Waals surface area contributed by atoms with Gasteiger partial charge in [0, 0.05) is 10.4 Å². The van der Waals surface area contributed by atoms with Crippen molar-refractivity contribution in [3.8, 4) is 10.7 Å². The van der Waals surface area contributed by atoms with Gasteiger partial charge in [0.15, 0.2) is 11.5 Å². The van der Waals surface area contributed by atoms with E-state index in [-0.39, 0.29) is 11.9 Å². The first-order valence-corrected chi connectivity index (χ1v) is 10.0. The Labute approximate surface area is 166 Å². The van der Waals surface area contributed by atoms with E-state index in [4.69, 9.17) is 5.73 Å². The molecule has 1 atom stereocenters. The third-order valence-corrected chi connectivity index (χ3v) is 6.12. The van der Waals surface area contributed by atoms with Crippen LogP contribution >= 0.6 is 11.3 Å². The molecule has 1 aliphatic carbocycles. The third kappa shape index (κ3) is 2.84. The first-order valence-electron chi connectivity index (χ1n) is 9.20. The second kappa shape index (κ2) is 6.45. The van der Waals surface area contributed by atoms with Crippen molar-refractivity contribution in [1.29, 1.82) is 0 Å². The molecule has 3 aromatic heterocycles. The second-order valence-electron chi connectivity index (χ2n) is 7.05. The van der Waals surface area contributed by atoms with Gasteiger partial charge < -0.3 is 11.1 Å². The van der Waals surface area contributed by atoms with Crippen LogP contribution < -0.4 is 11.1 Å². The van der Waals surface area contributed by atoms with Crippen LogP contribution in [-0.2, 0) is 6.42 Å². The van der Waals surface area contributed by atoms with Crippen molar-refractivity contribution in [1.82, 2.24) is 19.9 Å². The summed E-state index contributed by atoms with van der Waals surface area (Å²) in [5, 5.41) is 7.62. The monoisotopic (exact) mass is 389 g/mol. The first kappa shape index (κ1) is 16.9. The SMILES string of the molecule is Cc1ccc(-c2nc3cc(C(=O)NC4CCc5ccccc54)cc(N)n3n2)s1. The highest BCUT2D eigenvalue weighted by Gasteiger charge is 2.24. The summed E-state index contributed by atoms with van der Waals surface area (Å²) in [6.07, 6.45) is 1.89. The molecule has 4 aromatic rings. The first-order chi connectivity index (χ1) is 13.6. The Balaban J connectivity index is 1.45. The number of amides is 1. The minimum atomic E-state index is -0.146. The summed E-state index contributed by atoms with van der Waals surface area (Å²) in [7, 11) is 0. The fourth-order valence-corrected chi connectivity index (χ4v) is 4.54. The van der Waals surface area contributed by atoms with E-state index in [2.05, 4.69) is 27.5 Å². The number of hydrogen-bond acceptors (Lipinski definition) is 5. The lowest BCUT2D eigenvalue weighted by atomic mass is 10.1. The number of pyridine rings is 1. The number of carbonyl (C=O) groups is 1. The van der Waals surface area contributed by atoms with E-state index in [1.807, 2.05) is 31.2 Å². The van der Waals surface area contributed by atoms with Gasteiger partial charge in [0.25, 0.3) is 5.91 Å². The van der Waals surface area contributed by atoms with Crippen molar-refractivity contribution >= 4 is 28.7 Å². The third-order valence-electron chi connectivity index (χ3n) is 5.13. The molecule has 1 aromatic carbocycles. The van der Waals surface area contributed by atoms with Crippen molar-refractivity contribution in [2.75, 3.05) is 5.73 Å². The van der Waals surface area contributed by atoms with Crippen LogP contribution in [-0.4, -0.2) is 20.5 Å². The number of nitrogen functional groups attached to an aromatic ring is 1. The van der Waals surface area contributed by atoms with Crippen LogP contribution in [0.4, 0.5) is 5.82 Å². The topological polar surface area (TPSA) is 85.3 Å². The van der Waals surface area contributed by atoms with Gasteiger partial charge in [-0.1, -0.05) is 24.3 Å². The van der Waals surface area contributed by atoms with Gasteiger partial charge in [0.2, 0.25) is 0 Å². The van der Waals surface area contributed by atoms with Crippen LogP contribution in [0.3, 0.4) is 0 Å². The quantitative estimate of drug-likeness (QED) is 0.559. The molecule has 3 heterocycles. The summed E-state index contributed by atoms with van der Waals surface area (Å²) >= 11 is 1.63. The standard InChI is InChI=1S/C21H19N5OS/c1-12-6-9-17(28-12)20-24-19-11-14(10-18(22)26(19)25-20)21(27)23-16-8-7-13-4-2-3-5-15(13)16/h2-6,9-11,16H,7-8,22H2,1H3,(H,23,27). The molecular formula is C21H19N5OS. The molecule has 0 radical (unpaired) electrons. The molecule has 0 spiro atoms. The van der Waals surface area contributed by atoms with E-state index < -0.39 is 0 Å². The average Bonchev–Trinajstić information content (AvgIpc) is 3.40. The molecule has 6 nitrogen and oxygen atoms in total. The molecule has 28 heavy (non-hydrogen) atoms. The number of benzene rings is 1. The number of nitrogens with two attached hydrogens (primary N) is 1. The van der Waals surface area contributed by atoms with Crippen LogP contribution in [0.5, 0.6) is 0 Å². The number of hydrogen-bond donors (Lipinski definition) is 2. The van der Waals surface area contributed by atoms with Gasteiger partial charge in [-0.05, 0) is 55.2 Å². The van der Waals surface area contributed by atoms with E-state index in [0.29, 0.717) is 22.9 Å². The van der Waals surface area contributed by atoms with Gasteiger partial charge in [0.1, 0.15) is 5.82 Å². The maximum absolute atomic E-state index is 12.9. The van der Waals surface area contributed by atoms with Gasteiger partial charge in [-0.15, -0.1) is 16.4 Å². The number of fused-ring (bicyclic) bond motifs is 2. The Hall–Kier alpha value is -3.19. The lowest BCUT2D eigenvalue weighted by molar-refractivity contribution is 0.0936. The number of carbonyl (C=O) groups excluding carboxylic acids is 1. The molecule has 0 aliphatic heterocycles. The number of aryl methyl sites for hydroxylation is 2. The highest BCUT2D eigenvalue weighted by atomic mass is 32.1.